The number of aromatic nitrogens is 3. The van der Waals surface area contributed by atoms with Gasteiger partial charge in [0.25, 0.3) is 0 Å². The summed E-state index contributed by atoms with van der Waals surface area (Å²) < 4.78 is 0. The van der Waals surface area contributed by atoms with Crippen LogP contribution in [0.25, 0.3) is 11.0 Å². The van der Waals surface area contributed by atoms with Gasteiger partial charge in [-0.05, 0) is 31.9 Å². The highest BCUT2D eigenvalue weighted by Crippen LogP contribution is 2.21. The Balaban J connectivity index is 1.94. The zero-order chi connectivity index (χ0) is 12.5. The summed E-state index contributed by atoms with van der Waals surface area (Å²) in [7, 11) is 0. The summed E-state index contributed by atoms with van der Waals surface area (Å²) >= 11 is 0. The molecule has 5 nitrogen and oxygen atoms in total. The van der Waals surface area contributed by atoms with Gasteiger partial charge in [-0.2, -0.15) is 0 Å². The van der Waals surface area contributed by atoms with Crippen molar-refractivity contribution in [1.29, 1.82) is 0 Å². The minimum absolute atomic E-state index is 0.296. The Kier molecular flexibility index (Phi) is 2.83. The number of rotatable bonds is 1. The average Bonchev–Trinajstić information content (AvgIpc) is 2.38. The molecule has 2 unspecified atom stereocenters. The second kappa shape index (κ2) is 4.49. The minimum atomic E-state index is 0.296. The Morgan fingerprint density at radius 1 is 1.22 bits per heavy atom. The largest absolute Gasteiger partial charge is 0.337 e. The predicted octanol–water partition coefficient (Wildman–Crippen LogP) is 1.34. The molecule has 0 amide bonds. The van der Waals surface area contributed by atoms with Gasteiger partial charge in [-0.3, -0.25) is 0 Å². The molecule has 0 bridgehead atoms. The fourth-order valence-corrected chi connectivity index (χ4v) is 2.50. The van der Waals surface area contributed by atoms with E-state index in [0.29, 0.717) is 18.0 Å². The molecule has 2 atom stereocenters. The second-order valence-corrected chi connectivity index (χ2v) is 4.93. The topological polar surface area (TPSA) is 67.9 Å². The van der Waals surface area contributed by atoms with E-state index in [1.165, 1.54) is 0 Å². The first-order valence-corrected chi connectivity index (χ1v) is 6.36. The van der Waals surface area contributed by atoms with Gasteiger partial charge < -0.3 is 10.6 Å². The van der Waals surface area contributed by atoms with Gasteiger partial charge in [-0.1, -0.05) is 12.1 Å². The summed E-state index contributed by atoms with van der Waals surface area (Å²) in [4.78, 5) is 6.78. The van der Waals surface area contributed by atoms with Crippen molar-refractivity contribution in [2.45, 2.75) is 31.8 Å². The molecule has 0 saturated carbocycles. The number of para-hydroxylation sites is 1. The first-order chi connectivity index (χ1) is 8.74. The lowest BCUT2D eigenvalue weighted by atomic mass is 10.00. The van der Waals surface area contributed by atoms with Crippen LogP contribution in [0, 0.1) is 0 Å². The highest BCUT2D eigenvalue weighted by molar-refractivity contribution is 5.74. The van der Waals surface area contributed by atoms with E-state index in [1.54, 1.807) is 0 Å². The van der Waals surface area contributed by atoms with Gasteiger partial charge in [0.15, 0.2) is 0 Å². The number of fused-ring (bicyclic) bond motifs is 1. The van der Waals surface area contributed by atoms with Crippen molar-refractivity contribution >= 4 is 17.0 Å². The number of benzene rings is 1. The lowest BCUT2D eigenvalue weighted by molar-refractivity contribution is 0.423. The monoisotopic (exact) mass is 243 g/mol. The highest BCUT2D eigenvalue weighted by Gasteiger charge is 2.25. The molecule has 1 aliphatic rings. The lowest BCUT2D eigenvalue weighted by Crippen LogP contribution is -2.46. The number of hydrogen-bond donors (Lipinski definition) is 1. The Morgan fingerprint density at radius 3 is 2.78 bits per heavy atom. The Hall–Kier alpha value is -1.75. The Morgan fingerprint density at radius 2 is 2.00 bits per heavy atom. The van der Waals surface area contributed by atoms with Gasteiger partial charge in [0.2, 0.25) is 5.95 Å². The molecule has 0 radical (unpaired) electrons. The number of nitrogens with zero attached hydrogens (tertiary/aromatic N) is 4. The van der Waals surface area contributed by atoms with Crippen LogP contribution in [0.2, 0.25) is 0 Å². The zero-order valence-electron chi connectivity index (χ0n) is 10.5. The second-order valence-electron chi connectivity index (χ2n) is 4.93. The Labute approximate surface area is 106 Å². The van der Waals surface area contributed by atoms with E-state index < -0.39 is 0 Å². The molecule has 2 N–H and O–H groups in total. The smallest absolute Gasteiger partial charge is 0.246 e. The van der Waals surface area contributed by atoms with Crippen molar-refractivity contribution in [2.24, 2.45) is 5.73 Å². The van der Waals surface area contributed by atoms with E-state index in [1.807, 2.05) is 24.3 Å². The van der Waals surface area contributed by atoms with Gasteiger partial charge in [0.1, 0.15) is 5.52 Å². The third-order valence-corrected chi connectivity index (χ3v) is 3.52. The first-order valence-electron chi connectivity index (χ1n) is 6.36. The maximum atomic E-state index is 5.97. The quantitative estimate of drug-likeness (QED) is 0.818. The van der Waals surface area contributed by atoms with Gasteiger partial charge in [-0.15, -0.1) is 10.2 Å². The fourth-order valence-electron chi connectivity index (χ4n) is 2.50. The molecule has 2 aromatic rings. The SMILES string of the molecule is CC1CC(N)CCN1c1nnc2ccccc2n1. The van der Waals surface area contributed by atoms with Crippen molar-refractivity contribution < 1.29 is 0 Å². The van der Waals surface area contributed by atoms with Gasteiger partial charge in [0.05, 0.1) is 5.52 Å². The van der Waals surface area contributed by atoms with Gasteiger partial charge in [0, 0.05) is 18.6 Å². The number of piperidine rings is 1. The van der Waals surface area contributed by atoms with Crippen LogP contribution >= 0.6 is 0 Å². The molecule has 2 heterocycles. The summed E-state index contributed by atoms with van der Waals surface area (Å²) in [5.74, 6) is 0.716. The van der Waals surface area contributed by atoms with Gasteiger partial charge in [-0.25, -0.2) is 4.98 Å². The summed E-state index contributed by atoms with van der Waals surface area (Å²) in [6.07, 6.45) is 1.97. The van der Waals surface area contributed by atoms with Crippen LogP contribution in [0.4, 0.5) is 5.95 Å². The number of hydrogen-bond acceptors (Lipinski definition) is 5. The molecule has 94 valence electrons. The summed E-state index contributed by atoms with van der Waals surface area (Å²) in [5, 5.41) is 8.45. The van der Waals surface area contributed by atoms with Crippen molar-refractivity contribution in [3.05, 3.63) is 24.3 Å². The van der Waals surface area contributed by atoms with Crippen LogP contribution in [0.3, 0.4) is 0 Å². The fraction of sp³-hybridized carbons (Fsp3) is 0.462. The van der Waals surface area contributed by atoms with Crippen LogP contribution in [0.1, 0.15) is 19.8 Å². The van der Waals surface area contributed by atoms with E-state index in [4.69, 9.17) is 5.73 Å². The van der Waals surface area contributed by atoms with E-state index in [9.17, 15) is 0 Å². The zero-order valence-corrected chi connectivity index (χ0v) is 10.5. The summed E-state index contributed by atoms with van der Waals surface area (Å²) in [6, 6.07) is 8.47. The molecule has 1 aliphatic heterocycles. The van der Waals surface area contributed by atoms with E-state index in [2.05, 4.69) is 27.0 Å². The van der Waals surface area contributed by atoms with Crippen LogP contribution in [-0.4, -0.2) is 33.8 Å². The minimum Gasteiger partial charge on any atom is -0.337 e. The van der Waals surface area contributed by atoms with Crippen LogP contribution in [-0.2, 0) is 0 Å². The Bertz CT molecular complexity index is 556. The molecular formula is C13H17N5. The molecule has 0 aliphatic carbocycles. The molecule has 18 heavy (non-hydrogen) atoms. The maximum Gasteiger partial charge on any atom is 0.246 e. The molecule has 3 rings (SSSR count). The third kappa shape index (κ3) is 2.01. The third-order valence-electron chi connectivity index (χ3n) is 3.52. The molecule has 5 heteroatoms. The predicted molar refractivity (Wildman–Crippen MR) is 71.4 cm³/mol. The molecule has 1 aromatic carbocycles. The van der Waals surface area contributed by atoms with Crippen molar-refractivity contribution in [3.63, 3.8) is 0 Å². The normalized spacial score (nSPS) is 24.4. The molecular weight excluding hydrogens is 226 g/mol. The summed E-state index contributed by atoms with van der Waals surface area (Å²) in [5.41, 5.74) is 7.70. The highest BCUT2D eigenvalue weighted by atomic mass is 15.3. The van der Waals surface area contributed by atoms with E-state index in [0.717, 1.165) is 30.4 Å². The van der Waals surface area contributed by atoms with Crippen LogP contribution in [0.5, 0.6) is 0 Å². The number of anilines is 1. The van der Waals surface area contributed by atoms with E-state index >= 15 is 0 Å². The number of nitrogens with two attached hydrogens (primary N) is 1. The lowest BCUT2D eigenvalue weighted by Gasteiger charge is -2.36. The first kappa shape index (κ1) is 11.3. The molecule has 1 fully saturated rings. The van der Waals surface area contributed by atoms with Crippen LogP contribution < -0.4 is 10.6 Å². The molecule has 1 aromatic heterocycles. The van der Waals surface area contributed by atoms with Crippen molar-refractivity contribution in [3.8, 4) is 0 Å². The molecule has 0 spiro atoms. The van der Waals surface area contributed by atoms with Crippen LogP contribution in [0.15, 0.2) is 24.3 Å². The molecule has 1 saturated heterocycles. The van der Waals surface area contributed by atoms with Crippen molar-refractivity contribution in [2.75, 3.05) is 11.4 Å². The summed E-state index contributed by atoms with van der Waals surface area (Å²) in [6.45, 7) is 3.07. The standard InChI is InChI=1S/C13H17N5/c1-9-8-10(14)6-7-18(9)13-15-11-4-2-3-5-12(11)16-17-13/h2-5,9-10H,6-8,14H2,1H3. The van der Waals surface area contributed by atoms with Gasteiger partial charge >= 0.3 is 0 Å². The average molecular weight is 243 g/mol. The maximum absolute atomic E-state index is 5.97. The van der Waals surface area contributed by atoms with E-state index in [-0.39, 0.29) is 0 Å². The van der Waals surface area contributed by atoms with Crippen molar-refractivity contribution in [1.82, 2.24) is 15.2 Å².